The molecule has 0 saturated heterocycles. The van der Waals surface area contributed by atoms with Crippen molar-refractivity contribution in [1.82, 2.24) is 14.8 Å². The topological polar surface area (TPSA) is 73.0 Å². The number of thioether (sulfide) groups is 1. The molecule has 3 aromatic rings. The van der Waals surface area contributed by atoms with Crippen LogP contribution in [0, 0.1) is 13.8 Å². The van der Waals surface area contributed by atoms with Crippen LogP contribution in [0.2, 0.25) is 0 Å². The molecule has 1 amide bonds. The molecule has 0 aliphatic rings. The van der Waals surface area contributed by atoms with Gasteiger partial charge in [0.15, 0.2) is 15.6 Å². The number of carbonyl (C=O) groups excluding carboxylic acids is 1. The second-order valence-electron chi connectivity index (χ2n) is 6.22. The van der Waals surface area contributed by atoms with E-state index in [1.807, 2.05) is 48.7 Å². The van der Waals surface area contributed by atoms with E-state index >= 15 is 0 Å². The van der Waals surface area contributed by atoms with Crippen molar-refractivity contribution in [3.05, 3.63) is 46.1 Å². The Labute approximate surface area is 170 Å². The van der Waals surface area contributed by atoms with E-state index in [2.05, 4.69) is 38.4 Å². The number of rotatable bonds is 7. The molecule has 0 atom stereocenters. The molecule has 2 aromatic heterocycles. The van der Waals surface area contributed by atoms with Gasteiger partial charge >= 0.3 is 0 Å². The molecule has 0 spiro atoms. The van der Waals surface area contributed by atoms with Crippen molar-refractivity contribution in [3.8, 4) is 11.6 Å². The van der Waals surface area contributed by atoms with E-state index in [0.29, 0.717) is 21.4 Å². The van der Waals surface area contributed by atoms with Gasteiger partial charge in [-0.15, -0.1) is 10.2 Å². The highest BCUT2D eigenvalue weighted by atomic mass is 79.9. The molecule has 2 heterocycles. The first kappa shape index (κ1) is 19.7. The summed E-state index contributed by atoms with van der Waals surface area (Å²) in [7, 11) is 0. The zero-order chi connectivity index (χ0) is 19.4. The van der Waals surface area contributed by atoms with Crippen molar-refractivity contribution in [3.63, 3.8) is 0 Å². The molecule has 0 bridgehead atoms. The van der Waals surface area contributed by atoms with E-state index in [9.17, 15) is 4.79 Å². The first-order valence-corrected chi connectivity index (χ1v) is 10.4. The highest BCUT2D eigenvalue weighted by Crippen LogP contribution is 2.27. The molecule has 0 fully saturated rings. The maximum absolute atomic E-state index is 12.4. The Bertz CT molecular complexity index is 951. The molecule has 1 aromatic carbocycles. The Morgan fingerprint density at radius 2 is 2.07 bits per heavy atom. The van der Waals surface area contributed by atoms with Gasteiger partial charge in [0, 0.05) is 12.2 Å². The Balaban J connectivity index is 1.71. The third-order valence-corrected chi connectivity index (χ3v) is 5.35. The van der Waals surface area contributed by atoms with Gasteiger partial charge in [0.25, 0.3) is 0 Å². The molecular formula is C19H21BrN4O2S. The summed E-state index contributed by atoms with van der Waals surface area (Å²) in [4.78, 5) is 12.4. The number of hydrogen-bond acceptors (Lipinski definition) is 5. The van der Waals surface area contributed by atoms with Crippen molar-refractivity contribution in [2.24, 2.45) is 0 Å². The molecule has 8 heteroatoms. The molecule has 6 nitrogen and oxygen atoms in total. The molecule has 0 saturated carbocycles. The fraction of sp³-hybridized carbons (Fsp3) is 0.316. The molecule has 1 N–H and O–H groups in total. The minimum atomic E-state index is -0.0676. The first-order valence-electron chi connectivity index (χ1n) is 8.66. The molecular weight excluding hydrogens is 428 g/mol. The highest BCUT2D eigenvalue weighted by molar-refractivity contribution is 9.10. The predicted molar refractivity (Wildman–Crippen MR) is 111 cm³/mol. The number of amides is 1. The van der Waals surface area contributed by atoms with Crippen LogP contribution >= 0.6 is 27.7 Å². The number of halogens is 1. The van der Waals surface area contributed by atoms with Crippen LogP contribution in [0.4, 0.5) is 5.69 Å². The van der Waals surface area contributed by atoms with Crippen LogP contribution in [-0.2, 0) is 11.3 Å². The van der Waals surface area contributed by atoms with E-state index in [1.165, 1.54) is 11.8 Å². The van der Waals surface area contributed by atoms with E-state index in [1.54, 1.807) is 0 Å². The number of nitrogens with zero attached hydrogens (tertiary/aromatic N) is 3. The number of carbonyl (C=O) groups is 1. The number of aryl methyl sites for hydroxylation is 2. The van der Waals surface area contributed by atoms with Crippen LogP contribution in [0.25, 0.3) is 11.6 Å². The summed E-state index contributed by atoms with van der Waals surface area (Å²) in [5.41, 5.74) is 3.00. The highest BCUT2D eigenvalue weighted by Gasteiger charge is 2.17. The number of anilines is 1. The van der Waals surface area contributed by atoms with Crippen molar-refractivity contribution >= 4 is 39.3 Å². The minimum absolute atomic E-state index is 0.0676. The largest absolute Gasteiger partial charge is 0.446 e. The predicted octanol–water partition coefficient (Wildman–Crippen LogP) is 5.06. The van der Waals surface area contributed by atoms with Gasteiger partial charge in [0.2, 0.25) is 11.7 Å². The summed E-state index contributed by atoms with van der Waals surface area (Å²) in [6.45, 7) is 6.82. The van der Waals surface area contributed by atoms with Gasteiger partial charge in [-0.2, -0.15) is 0 Å². The van der Waals surface area contributed by atoms with Crippen LogP contribution < -0.4 is 5.32 Å². The maximum Gasteiger partial charge on any atom is 0.234 e. The van der Waals surface area contributed by atoms with E-state index in [0.717, 1.165) is 29.8 Å². The summed E-state index contributed by atoms with van der Waals surface area (Å²) in [6, 6.07) is 9.68. The lowest BCUT2D eigenvalue weighted by molar-refractivity contribution is -0.113. The average molecular weight is 449 g/mol. The van der Waals surface area contributed by atoms with Crippen LogP contribution in [0.3, 0.4) is 0 Å². The molecule has 142 valence electrons. The SMILES string of the molecule is CCCn1c(SCC(=O)Nc2cc(C)ccc2C)nnc1-c1ccc(Br)o1. The van der Waals surface area contributed by atoms with E-state index in [4.69, 9.17) is 4.42 Å². The summed E-state index contributed by atoms with van der Waals surface area (Å²) in [5.74, 6) is 1.51. The molecule has 0 radical (unpaired) electrons. The number of hydrogen-bond donors (Lipinski definition) is 1. The number of aromatic nitrogens is 3. The Morgan fingerprint density at radius 3 is 2.78 bits per heavy atom. The fourth-order valence-corrected chi connectivity index (χ4v) is 3.70. The van der Waals surface area contributed by atoms with Crippen molar-refractivity contribution in [2.45, 2.75) is 38.9 Å². The number of benzene rings is 1. The summed E-state index contributed by atoms with van der Waals surface area (Å²) in [6.07, 6.45) is 0.926. The lowest BCUT2D eigenvalue weighted by Gasteiger charge is -2.10. The van der Waals surface area contributed by atoms with Crippen LogP contribution in [0.15, 0.2) is 44.6 Å². The van der Waals surface area contributed by atoms with Crippen molar-refractivity contribution in [1.29, 1.82) is 0 Å². The van der Waals surface area contributed by atoms with Gasteiger partial charge in [-0.25, -0.2) is 0 Å². The molecule has 3 rings (SSSR count). The Morgan fingerprint density at radius 1 is 1.26 bits per heavy atom. The number of nitrogens with one attached hydrogen (secondary N) is 1. The van der Waals surface area contributed by atoms with Gasteiger partial charge < -0.3 is 9.73 Å². The average Bonchev–Trinajstić information content (AvgIpc) is 3.23. The Kier molecular flexibility index (Phi) is 6.38. The molecule has 0 unspecified atom stereocenters. The number of furan rings is 1. The Hall–Kier alpha value is -2.06. The summed E-state index contributed by atoms with van der Waals surface area (Å²) >= 11 is 4.68. The third kappa shape index (κ3) is 4.81. The van der Waals surface area contributed by atoms with Gasteiger partial charge in [-0.3, -0.25) is 9.36 Å². The van der Waals surface area contributed by atoms with Gasteiger partial charge in [-0.1, -0.05) is 30.8 Å². The van der Waals surface area contributed by atoms with E-state index < -0.39 is 0 Å². The maximum atomic E-state index is 12.4. The summed E-state index contributed by atoms with van der Waals surface area (Å²) in [5, 5.41) is 12.2. The summed E-state index contributed by atoms with van der Waals surface area (Å²) < 4.78 is 8.23. The van der Waals surface area contributed by atoms with Crippen LogP contribution in [0.1, 0.15) is 24.5 Å². The lowest BCUT2D eigenvalue weighted by atomic mass is 10.1. The second kappa shape index (κ2) is 8.75. The van der Waals surface area contributed by atoms with Gasteiger partial charge in [0.05, 0.1) is 5.75 Å². The van der Waals surface area contributed by atoms with Crippen molar-refractivity contribution < 1.29 is 9.21 Å². The quantitative estimate of drug-likeness (QED) is 0.511. The van der Waals surface area contributed by atoms with E-state index in [-0.39, 0.29) is 11.7 Å². The monoisotopic (exact) mass is 448 g/mol. The standard InChI is InChI=1S/C19H21BrN4O2S/c1-4-9-24-18(15-7-8-16(20)26-15)22-23-19(24)27-11-17(25)21-14-10-12(2)5-6-13(14)3/h5-8,10H,4,9,11H2,1-3H3,(H,21,25). The molecule has 27 heavy (non-hydrogen) atoms. The zero-order valence-electron chi connectivity index (χ0n) is 15.5. The van der Waals surface area contributed by atoms with Crippen LogP contribution in [-0.4, -0.2) is 26.4 Å². The second-order valence-corrected chi connectivity index (χ2v) is 7.94. The lowest BCUT2D eigenvalue weighted by Crippen LogP contribution is -2.15. The van der Waals surface area contributed by atoms with Crippen molar-refractivity contribution in [2.75, 3.05) is 11.1 Å². The third-order valence-electron chi connectivity index (χ3n) is 3.96. The first-order chi connectivity index (χ1) is 13.0. The van der Waals surface area contributed by atoms with Crippen LogP contribution in [0.5, 0.6) is 0 Å². The zero-order valence-corrected chi connectivity index (χ0v) is 17.9. The minimum Gasteiger partial charge on any atom is -0.446 e. The van der Waals surface area contributed by atoms with Gasteiger partial charge in [0.1, 0.15) is 0 Å². The molecule has 0 aliphatic heterocycles. The fourth-order valence-electron chi connectivity index (χ4n) is 2.62. The molecule has 0 aliphatic carbocycles. The van der Waals surface area contributed by atoms with Gasteiger partial charge in [-0.05, 0) is 65.5 Å². The normalized spacial score (nSPS) is 11.0. The smallest absolute Gasteiger partial charge is 0.234 e.